The zero-order valence-corrected chi connectivity index (χ0v) is 11.8. The lowest BCUT2D eigenvalue weighted by molar-refractivity contribution is 0.267. The minimum atomic E-state index is 0.479. The molecule has 17 heavy (non-hydrogen) atoms. The fourth-order valence-corrected chi connectivity index (χ4v) is 2.29. The van der Waals surface area contributed by atoms with Crippen LogP contribution in [0, 0.1) is 0 Å². The van der Waals surface area contributed by atoms with Crippen molar-refractivity contribution in [2.45, 2.75) is 52.1 Å². The second-order valence-electron chi connectivity index (χ2n) is 4.83. The zero-order chi connectivity index (χ0) is 12.7. The molecule has 100 valence electrons. The van der Waals surface area contributed by atoms with E-state index >= 15 is 0 Å². The molecule has 1 rings (SSSR count). The Morgan fingerprint density at radius 3 is 2.82 bits per heavy atom. The molecule has 1 fully saturated rings. The number of rotatable bonds is 5. The molecule has 1 heterocycles. The maximum absolute atomic E-state index is 4.26. The van der Waals surface area contributed by atoms with Gasteiger partial charge in [-0.3, -0.25) is 9.89 Å². The maximum atomic E-state index is 4.26. The first-order valence-corrected chi connectivity index (χ1v) is 6.92. The molecule has 0 aromatic rings. The van der Waals surface area contributed by atoms with Crippen LogP contribution in [0.25, 0.3) is 0 Å². The largest absolute Gasteiger partial charge is 0.355 e. The lowest BCUT2D eigenvalue weighted by Crippen LogP contribution is -2.47. The van der Waals surface area contributed by atoms with E-state index in [0.717, 1.165) is 25.5 Å². The fourth-order valence-electron chi connectivity index (χ4n) is 2.29. The Labute approximate surface area is 106 Å². The van der Waals surface area contributed by atoms with Crippen LogP contribution >= 0.6 is 0 Å². The summed E-state index contributed by atoms with van der Waals surface area (Å²) in [7, 11) is 1.84. The summed E-state index contributed by atoms with van der Waals surface area (Å²) >= 11 is 0. The Balaban J connectivity index is 2.32. The van der Waals surface area contributed by atoms with Crippen molar-refractivity contribution in [1.29, 1.82) is 0 Å². The summed E-state index contributed by atoms with van der Waals surface area (Å²) in [6, 6.07) is 1.16. The summed E-state index contributed by atoms with van der Waals surface area (Å²) in [5.74, 6) is 0.933. The van der Waals surface area contributed by atoms with Crippen LogP contribution in [0.1, 0.15) is 40.0 Å². The van der Waals surface area contributed by atoms with Gasteiger partial charge in [0, 0.05) is 25.7 Å². The van der Waals surface area contributed by atoms with Crippen molar-refractivity contribution in [3.05, 3.63) is 0 Å². The van der Waals surface area contributed by atoms with Crippen LogP contribution in [0.4, 0.5) is 0 Å². The number of hydrogen-bond donors (Lipinski definition) is 2. The Bertz CT molecular complexity index is 240. The quantitative estimate of drug-likeness (QED) is 0.564. The van der Waals surface area contributed by atoms with E-state index in [-0.39, 0.29) is 0 Å². The van der Waals surface area contributed by atoms with Crippen LogP contribution in [-0.2, 0) is 0 Å². The molecule has 0 amide bonds. The number of hydrogen-bond acceptors (Lipinski definition) is 2. The molecule has 2 atom stereocenters. The summed E-state index contributed by atoms with van der Waals surface area (Å²) in [4.78, 5) is 6.81. The highest BCUT2D eigenvalue weighted by atomic mass is 15.2. The van der Waals surface area contributed by atoms with Crippen LogP contribution in [0.5, 0.6) is 0 Å². The van der Waals surface area contributed by atoms with Crippen molar-refractivity contribution in [1.82, 2.24) is 15.5 Å². The predicted octanol–water partition coefficient (Wildman–Crippen LogP) is 1.43. The number of aliphatic imine (C=N–C) groups is 1. The number of likely N-dealkylation sites (tertiary alicyclic amines) is 1. The minimum Gasteiger partial charge on any atom is -0.355 e. The summed E-state index contributed by atoms with van der Waals surface area (Å²) in [6.45, 7) is 10.0. The topological polar surface area (TPSA) is 39.7 Å². The average Bonchev–Trinajstić information content (AvgIpc) is 2.81. The number of likely N-dealkylation sites (N-methyl/N-ethyl adjacent to an activating group) is 1. The summed E-state index contributed by atoms with van der Waals surface area (Å²) < 4.78 is 0. The van der Waals surface area contributed by atoms with Crippen molar-refractivity contribution >= 4 is 5.96 Å². The van der Waals surface area contributed by atoms with E-state index in [1.807, 2.05) is 7.05 Å². The number of guanidine groups is 1. The Morgan fingerprint density at radius 2 is 2.24 bits per heavy atom. The normalized spacial score (nSPS) is 23.8. The monoisotopic (exact) mass is 240 g/mol. The van der Waals surface area contributed by atoms with E-state index in [1.54, 1.807) is 0 Å². The van der Waals surface area contributed by atoms with Gasteiger partial charge in [-0.1, -0.05) is 13.8 Å². The Hall–Kier alpha value is -0.770. The van der Waals surface area contributed by atoms with Crippen molar-refractivity contribution in [2.75, 3.05) is 26.7 Å². The van der Waals surface area contributed by atoms with Gasteiger partial charge in [-0.05, 0) is 39.3 Å². The molecule has 0 spiro atoms. The van der Waals surface area contributed by atoms with E-state index in [9.17, 15) is 0 Å². The highest BCUT2D eigenvalue weighted by molar-refractivity contribution is 5.79. The lowest BCUT2D eigenvalue weighted by atomic mass is 10.2. The molecule has 1 aliphatic heterocycles. The second-order valence-corrected chi connectivity index (χ2v) is 4.83. The average molecular weight is 240 g/mol. The van der Waals surface area contributed by atoms with Crippen molar-refractivity contribution in [3.8, 4) is 0 Å². The third-order valence-corrected chi connectivity index (χ3v) is 3.63. The van der Waals surface area contributed by atoms with E-state index in [0.29, 0.717) is 12.1 Å². The van der Waals surface area contributed by atoms with Crippen LogP contribution in [-0.4, -0.2) is 49.6 Å². The van der Waals surface area contributed by atoms with Crippen molar-refractivity contribution < 1.29 is 0 Å². The predicted molar refractivity (Wildman–Crippen MR) is 74.5 cm³/mol. The molecule has 4 nitrogen and oxygen atoms in total. The number of nitrogens with one attached hydrogen (secondary N) is 2. The lowest BCUT2D eigenvalue weighted by Gasteiger charge is -2.24. The van der Waals surface area contributed by atoms with Crippen LogP contribution in [0.2, 0.25) is 0 Å². The molecule has 0 aromatic heterocycles. The zero-order valence-electron chi connectivity index (χ0n) is 11.8. The van der Waals surface area contributed by atoms with Crippen molar-refractivity contribution in [3.63, 3.8) is 0 Å². The van der Waals surface area contributed by atoms with Gasteiger partial charge in [-0.15, -0.1) is 0 Å². The highest BCUT2D eigenvalue weighted by Gasteiger charge is 2.22. The van der Waals surface area contributed by atoms with Crippen LogP contribution in [0.15, 0.2) is 4.99 Å². The molecule has 0 saturated carbocycles. The van der Waals surface area contributed by atoms with Gasteiger partial charge in [-0.2, -0.15) is 0 Å². The molecule has 2 N–H and O–H groups in total. The SMILES string of the molecule is CCC(C)NC(=NC)NCC1CCCN1CC. The molecule has 1 saturated heterocycles. The van der Waals surface area contributed by atoms with Gasteiger partial charge in [0.2, 0.25) is 0 Å². The molecular weight excluding hydrogens is 212 g/mol. The van der Waals surface area contributed by atoms with Gasteiger partial charge >= 0.3 is 0 Å². The third-order valence-electron chi connectivity index (χ3n) is 3.63. The summed E-state index contributed by atoms with van der Waals surface area (Å²) in [5, 5.41) is 6.83. The Morgan fingerprint density at radius 1 is 1.47 bits per heavy atom. The minimum absolute atomic E-state index is 0.479. The van der Waals surface area contributed by atoms with E-state index in [2.05, 4.69) is 41.3 Å². The standard InChI is InChI=1S/C13H28N4/c1-5-11(3)16-13(14-4)15-10-12-8-7-9-17(12)6-2/h11-12H,5-10H2,1-4H3,(H2,14,15,16). The van der Waals surface area contributed by atoms with E-state index < -0.39 is 0 Å². The molecule has 0 aromatic carbocycles. The fraction of sp³-hybridized carbons (Fsp3) is 0.923. The molecular formula is C13H28N4. The van der Waals surface area contributed by atoms with Gasteiger partial charge < -0.3 is 10.6 Å². The molecule has 0 radical (unpaired) electrons. The van der Waals surface area contributed by atoms with Gasteiger partial charge in [0.25, 0.3) is 0 Å². The highest BCUT2D eigenvalue weighted by Crippen LogP contribution is 2.15. The van der Waals surface area contributed by atoms with Crippen LogP contribution < -0.4 is 10.6 Å². The summed E-state index contributed by atoms with van der Waals surface area (Å²) in [5.41, 5.74) is 0. The van der Waals surface area contributed by atoms with E-state index in [4.69, 9.17) is 0 Å². The Kier molecular flexibility index (Phi) is 6.34. The smallest absolute Gasteiger partial charge is 0.191 e. The first-order valence-electron chi connectivity index (χ1n) is 6.92. The van der Waals surface area contributed by atoms with Gasteiger partial charge in [-0.25, -0.2) is 0 Å². The summed E-state index contributed by atoms with van der Waals surface area (Å²) in [6.07, 6.45) is 3.75. The number of nitrogens with zero attached hydrogens (tertiary/aromatic N) is 2. The van der Waals surface area contributed by atoms with E-state index in [1.165, 1.54) is 19.4 Å². The van der Waals surface area contributed by atoms with Gasteiger partial charge in [0.1, 0.15) is 0 Å². The van der Waals surface area contributed by atoms with Gasteiger partial charge in [0.15, 0.2) is 5.96 Å². The molecule has 2 unspecified atom stereocenters. The molecule has 0 bridgehead atoms. The second kappa shape index (κ2) is 7.54. The molecule has 1 aliphatic rings. The van der Waals surface area contributed by atoms with Crippen molar-refractivity contribution in [2.24, 2.45) is 4.99 Å². The first kappa shape index (κ1) is 14.3. The van der Waals surface area contributed by atoms with Crippen LogP contribution in [0.3, 0.4) is 0 Å². The molecule has 0 aliphatic carbocycles. The first-order chi connectivity index (χ1) is 8.21. The van der Waals surface area contributed by atoms with Gasteiger partial charge in [0.05, 0.1) is 0 Å². The maximum Gasteiger partial charge on any atom is 0.191 e. The molecule has 4 heteroatoms. The third kappa shape index (κ3) is 4.54.